The summed E-state index contributed by atoms with van der Waals surface area (Å²) in [6, 6.07) is 77.9. The van der Waals surface area contributed by atoms with Gasteiger partial charge in [0, 0.05) is 33.6 Å². The van der Waals surface area contributed by atoms with Gasteiger partial charge in [-0.1, -0.05) is 190 Å². The number of halogens is 2. The number of benzene rings is 10. The minimum Gasteiger partial charge on any atom is -0.310 e. The van der Waals surface area contributed by atoms with Crippen LogP contribution in [0.1, 0.15) is 47.2 Å². The van der Waals surface area contributed by atoms with Crippen molar-refractivity contribution in [2.24, 2.45) is 0 Å². The predicted molar refractivity (Wildman–Crippen MR) is 271 cm³/mol. The maximum absolute atomic E-state index is 16.3. The standard InChI is InChI=1S/C64H43F2N/c1-63(2)53-22-8-6-18-49(53)51-37-36-47(39-57(51)63)67(45-34-32-43(33-35-45)42-30-28-41(29-31-42)40-14-4-3-5-15-40)46-17-10-16-44(38-46)48-20-11-21-52-50-19-7-9-23-54(50)64(62(48)52)55-24-12-26-58(65)60(55)61-56(64)25-13-27-59(61)66/h3-39H,1-2H3. The van der Waals surface area contributed by atoms with Crippen LogP contribution in [0, 0.1) is 11.6 Å². The zero-order chi connectivity index (χ0) is 45.0. The first kappa shape index (κ1) is 39.2. The number of fused-ring (bicyclic) bond motifs is 13. The molecule has 0 unspecified atom stereocenters. The summed E-state index contributed by atoms with van der Waals surface area (Å²) in [5.74, 6) is -0.838. The molecule has 0 N–H and O–H groups in total. The molecule has 0 bridgehead atoms. The van der Waals surface area contributed by atoms with Crippen molar-refractivity contribution in [3.05, 3.63) is 269 Å². The smallest absolute Gasteiger partial charge is 0.131 e. The van der Waals surface area contributed by atoms with Crippen molar-refractivity contribution in [1.82, 2.24) is 0 Å². The van der Waals surface area contributed by atoms with Crippen LogP contribution in [0.3, 0.4) is 0 Å². The SMILES string of the molecule is CC1(C)c2ccccc2-c2ccc(N(c3ccc(-c4ccc(-c5ccccc5)cc4)cc3)c3cccc(-c4cccc5c4C4(c6ccccc6-5)c5cccc(F)c5-c5c(F)cccc54)c3)cc21. The van der Waals surface area contributed by atoms with Gasteiger partial charge >= 0.3 is 0 Å². The average molecular weight is 864 g/mol. The van der Waals surface area contributed by atoms with Crippen LogP contribution in [0.25, 0.3) is 66.8 Å². The van der Waals surface area contributed by atoms with Gasteiger partial charge < -0.3 is 4.90 Å². The lowest BCUT2D eigenvalue weighted by Crippen LogP contribution is -2.26. The third kappa shape index (κ3) is 5.64. The molecule has 0 fully saturated rings. The van der Waals surface area contributed by atoms with E-state index in [9.17, 15) is 0 Å². The Labute approximate surface area is 389 Å². The van der Waals surface area contributed by atoms with Gasteiger partial charge in [-0.25, -0.2) is 8.78 Å². The van der Waals surface area contributed by atoms with Gasteiger partial charge in [0.2, 0.25) is 0 Å². The fourth-order valence-corrected chi connectivity index (χ4v) is 11.9. The minimum atomic E-state index is -0.942. The molecule has 3 heteroatoms. The second kappa shape index (κ2) is 14.7. The molecular weight excluding hydrogens is 821 g/mol. The molecule has 1 spiro atoms. The van der Waals surface area contributed by atoms with Gasteiger partial charge in [0.25, 0.3) is 0 Å². The summed E-state index contributed by atoms with van der Waals surface area (Å²) in [5, 5.41) is 0. The Hall–Kier alpha value is -8.14. The molecule has 10 aromatic rings. The minimum absolute atomic E-state index is 0.189. The molecule has 13 rings (SSSR count). The Bertz CT molecular complexity index is 3570. The average Bonchev–Trinajstić information content (AvgIpc) is 3.94. The zero-order valence-electron chi connectivity index (χ0n) is 37.1. The highest BCUT2D eigenvalue weighted by Gasteiger charge is 2.54. The lowest BCUT2D eigenvalue weighted by molar-refractivity contribution is 0.617. The van der Waals surface area contributed by atoms with Crippen LogP contribution < -0.4 is 4.90 Å². The molecule has 67 heavy (non-hydrogen) atoms. The molecule has 0 saturated heterocycles. The Kier molecular flexibility index (Phi) is 8.60. The second-order valence-electron chi connectivity index (χ2n) is 18.6. The van der Waals surface area contributed by atoms with Crippen LogP contribution in [0.5, 0.6) is 0 Å². The quantitative estimate of drug-likeness (QED) is 0.161. The van der Waals surface area contributed by atoms with Crippen LogP contribution >= 0.6 is 0 Å². The van der Waals surface area contributed by atoms with E-state index in [1.54, 1.807) is 12.1 Å². The van der Waals surface area contributed by atoms with E-state index in [4.69, 9.17) is 0 Å². The van der Waals surface area contributed by atoms with Gasteiger partial charge in [0.05, 0.1) is 5.41 Å². The first-order valence-electron chi connectivity index (χ1n) is 23.0. The molecule has 0 amide bonds. The number of anilines is 3. The third-order valence-electron chi connectivity index (χ3n) is 14.8. The van der Waals surface area contributed by atoms with E-state index in [1.165, 1.54) is 45.5 Å². The maximum atomic E-state index is 16.3. The molecule has 0 radical (unpaired) electrons. The lowest BCUT2D eigenvalue weighted by Gasteiger charge is -2.32. The Morgan fingerprint density at radius 3 is 1.43 bits per heavy atom. The Morgan fingerprint density at radius 1 is 0.313 bits per heavy atom. The topological polar surface area (TPSA) is 3.24 Å². The second-order valence-corrected chi connectivity index (χ2v) is 18.6. The van der Waals surface area contributed by atoms with Crippen LogP contribution in [0.2, 0.25) is 0 Å². The summed E-state index contributed by atoms with van der Waals surface area (Å²) in [5.41, 5.74) is 20.2. The van der Waals surface area contributed by atoms with Gasteiger partial charge in [-0.15, -0.1) is 0 Å². The van der Waals surface area contributed by atoms with Gasteiger partial charge in [0.1, 0.15) is 11.6 Å². The number of rotatable bonds is 6. The van der Waals surface area contributed by atoms with E-state index in [-0.39, 0.29) is 5.41 Å². The molecule has 10 aromatic carbocycles. The highest BCUT2D eigenvalue weighted by atomic mass is 19.1. The highest BCUT2D eigenvalue weighted by molar-refractivity contribution is 5.99. The van der Waals surface area contributed by atoms with Crippen molar-refractivity contribution in [3.8, 4) is 66.8 Å². The molecule has 0 atom stereocenters. The van der Waals surface area contributed by atoms with Gasteiger partial charge in [0.15, 0.2) is 0 Å². The fourth-order valence-electron chi connectivity index (χ4n) is 11.9. The van der Waals surface area contributed by atoms with Crippen LogP contribution in [0.4, 0.5) is 25.8 Å². The summed E-state index contributed by atoms with van der Waals surface area (Å²) < 4.78 is 32.5. The molecule has 3 aliphatic carbocycles. The van der Waals surface area contributed by atoms with E-state index in [1.807, 2.05) is 24.3 Å². The Balaban J connectivity index is 0.986. The molecule has 3 aliphatic rings. The van der Waals surface area contributed by atoms with Crippen molar-refractivity contribution >= 4 is 17.1 Å². The van der Waals surface area contributed by atoms with E-state index in [0.717, 1.165) is 72.7 Å². The van der Waals surface area contributed by atoms with Crippen LogP contribution in [-0.2, 0) is 10.8 Å². The van der Waals surface area contributed by atoms with E-state index in [0.29, 0.717) is 11.1 Å². The molecule has 0 aromatic heterocycles. The monoisotopic (exact) mass is 863 g/mol. The molecule has 0 saturated carbocycles. The van der Waals surface area contributed by atoms with Gasteiger partial charge in [-0.3, -0.25) is 0 Å². The predicted octanol–water partition coefficient (Wildman–Crippen LogP) is 17.1. The van der Waals surface area contributed by atoms with Gasteiger partial charge in [-0.05, 0) is 138 Å². The summed E-state index contributed by atoms with van der Waals surface area (Å²) in [7, 11) is 0. The molecular formula is C64H43F2N. The number of hydrogen-bond acceptors (Lipinski definition) is 1. The first-order valence-corrected chi connectivity index (χ1v) is 23.0. The summed E-state index contributed by atoms with van der Waals surface area (Å²) in [6.07, 6.45) is 0. The van der Waals surface area contributed by atoms with Crippen LogP contribution in [0.15, 0.2) is 224 Å². The largest absolute Gasteiger partial charge is 0.310 e. The summed E-state index contributed by atoms with van der Waals surface area (Å²) in [4.78, 5) is 2.36. The van der Waals surface area contributed by atoms with E-state index >= 15 is 8.78 Å². The molecule has 318 valence electrons. The normalized spacial score (nSPS) is 13.9. The van der Waals surface area contributed by atoms with Crippen molar-refractivity contribution in [2.45, 2.75) is 24.7 Å². The van der Waals surface area contributed by atoms with Crippen LogP contribution in [-0.4, -0.2) is 0 Å². The van der Waals surface area contributed by atoms with Crippen molar-refractivity contribution in [2.75, 3.05) is 4.90 Å². The van der Waals surface area contributed by atoms with E-state index in [2.05, 4.69) is 195 Å². The van der Waals surface area contributed by atoms with Crippen molar-refractivity contribution in [3.63, 3.8) is 0 Å². The molecule has 1 nitrogen and oxygen atoms in total. The third-order valence-corrected chi connectivity index (χ3v) is 14.8. The number of nitrogens with zero attached hydrogens (tertiary/aromatic N) is 1. The first-order chi connectivity index (χ1) is 32.8. The summed E-state index contributed by atoms with van der Waals surface area (Å²) in [6.45, 7) is 4.65. The van der Waals surface area contributed by atoms with Crippen molar-refractivity contribution in [1.29, 1.82) is 0 Å². The van der Waals surface area contributed by atoms with E-state index < -0.39 is 17.0 Å². The van der Waals surface area contributed by atoms with Crippen molar-refractivity contribution < 1.29 is 8.78 Å². The summed E-state index contributed by atoms with van der Waals surface area (Å²) >= 11 is 0. The zero-order valence-corrected chi connectivity index (χ0v) is 37.1. The maximum Gasteiger partial charge on any atom is 0.131 e. The Morgan fingerprint density at radius 2 is 0.761 bits per heavy atom. The molecule has 0 aliphatic heterocycles. The lowest BCUT2D eigenvalue weighted by atomic mass is 9.68. The number of hydrogen-bond donors (Lipinski definition) is 0. The highest BCUT2D eigenvalue weighted by Crippen LogP contribution is 2.65. The molecule has 0 heterocycles. The fraction of sp³-hybridized carbons (Fsp3) is 0.0625. The van der Waals surface area contributed by atoms with Gasteiger partial charge in [-0.2, -0.15) is 0 Å².